The molecule has 2 aromatic carbocycles. The molecule has 17 heavy (non-hydrogen) atoms. The van der Waals surface area contributed by atoms with Crippen molar-refractivity contribution in [3.63, 3.8) is 0 Å². The first kappa shape index (κ1) is 9.84. The van der Waals surface area contributed by atoms with Crippen LogP contribution in [0.4, 0.5) is 10.1 Å². The molecule has 0 saturated heterocycles. The number of anilines is 1. The van der Waals surface area contributed by atoms with Crippen molar-refractivity contribution in [2.75, 3.05) is 5.73 Å². The van der Waals surface area contributed by atoms with Crippen molar-refractivity contribution < 1.29 is 8.81 Å². The Morgan fingerprint density at radius 2 is 1.94 bits per heavy atom. The number of oxazole rings is 1. The number of benzene rings is 2. The van der Waals surface area contributed by atoms with Crippen LogP contribution in [-0.2, 0) is 0 Å². The van der Waals surface area contributed by atoms with E-state index >= 15 is 0 Å². The quantitative estimate of drug-likeness (QED) is 0.650. The molecule has 4 heteroatoms. The Hall–Kier alpha value is -2.36. The summed E-state index contributed by atoms with van der Waals surface area (Å²) in [5, 5.41) is 0. The van der Waals surface area contributed by atoms with Gasteiger partial charge in [-0.1, -0.05) is 12.1 Å². The molecule has 0 unspecified atom stereocenters. The maximum Gasteiger partial charge on any atom is 0.230 e. The number of rotatable bonds is 1. The van der Waals surface area contributed by atoms with Crippen molar-refractivity contribution >= 4 is 16.8 Å². The van der Waals surface area contributed by atoms with E-state index in [2.05, 4.69) is 4.98 Å². The normalized spacial score (nSPS) is 10.9. The first-order chi connectivity index (χ1) is 8.24. The minimum Gasteiger partial charge on any atom is -0.436 e. The lowest BCUT2D eigenvalue weighted by molar-refractivity contribution is 0.593. The molecule has 1 heterocycles. The molecule has 0 aliphatic rings. The number of nitrogens with two attached hydrogens (primary N) is 1. The van der Waals surface area contributed by atoms with Crippen LogP contribution >= 0.6 is 0 Å². The molecule has 3 aromatic rings. The Morgan fingerprint density at radius 1 is 1.12 bits per heavy atom. The fraction of sp³-hybridized carbons (Fsp3) is 0. The van der Waals surface area contributed by atoms with E-state index in [0.717, 1.165) is 0 Å². The average Bonchev–Trinajstić information content (AvgIpc) is 2.72. The molecular formula is C13H9FN2O. The van der Waals surface area contributed by atoms with E-state index in [-0.39, 0.29) is 11.7 Å². The van der Waals surface area contributed by atoms with Gasteiger partial charge in [0.25, 0.3) is 0 Å². The van der Waals surface area contributed by atoms with Gasteiger partial charge in [0.15, 0.2) is 5.58 Å². The Labute approximate surface area is 96.7 Å². The van der Waals surface area contributed by atoms with Gasteiger partial charge in [0, 0.05) is 5.69 Å². The maximum atomic E-state index is 13.6. The van der Waals surface area contributed by atoms with Crippen LogP contribution in [0.5, 0.6) is 0 Å². The summed E-state index contributed by atoms with van der Waals surface area (Å²) in [5.74, 6) is -0.0873. The molecule has 0 atom stereocenters. The second kappa shape index (κ2) is 3.59. The minimum absolute atomic E-state index is 0.267. The SMILES string of the molecule is Nc1ccc2oc(-c3ccccc3F)nc2c1. The number of halogens is 1. The molecule has 0 fully saturated rings. The molecule has 0 amide bonds. The third-order valence-electron chi connectivity index (χ3n) is 2.52. The summed E-state index contributed by atoms with van der Waals surface area (Å²) in [5.41, 5.74) is 7.82. The van der Waals surface area contributed by atoms with Gasteiger partial charge in [-0.15, -0.1) is 0 Å². The van der Waals surface area contributed by atoms with E-state index in [1.807, 2.05) is 0 Å². The van der Waals surface area contributed by atoms with Gasteiger partial charge in [-0.3, -0.25) is 0 Å². The van der Waals surface area contributed by atoms with Crippen LogP contribution in [-0.4, -0.2) is 4.98 Å². The molecule has 0 spiro atoms. The zero-order valence-corrected chi connectivity index (χ0v) is 8.85. The van der Waals surface area contributed by atoms with Crippen molar-refractivity contribution in [1.29, 1.82) is 0 Å². The van der Waals surface area contributed by atoms with Crippen LogP contribution in [0.3, 0.4) is 0 Å². The zero-order chi connectivity index (χ0) is 11.8. The van der Waals surface area contributed by atoms with Crippen LogP contribution in [0.25, 0.3) is 22.6 Å². The highest BCUT2D eigenvalue weighted by Crippen LogP contribution is 2.26. The molecule has 0 radical (unpaired) electrons. The summed E-state index contributed by atoms with van der Waals surface area (Å²) in [6.45, 7) is 0. The molecule has 0 aliphatic heterocycles. The molecule has 3 rings (SSSR count). The van der Waals surface area contributed by atoms with Gasteiger partial charge in [0.1, 0.15) is 11.3 Å². The summed E-state index contributed by atoms with van der Waals surface area (Å²) in [6.07, 6.45) is 0. The van der Waals surface area contributed by atoms with Crippen LogP contribution in [0.1, 0.15) is 0 Å². The van der Waals surface area contributed by atoms with Crippen LogP contribution in [0, 0.1) is 5.82 Å². The van der Waals surface area contributed by atoms with Gasteiger partial charge in [-0.2, -0.15) is 0 Å². The molecule has 2 N–H and O–H groups in total. The predicted octanol–water partition coefficient (Wildman–Crippen LogP) is 3.22. The second-order valence-corrected chi connectivity index (χ2v) is 3.73. The van der Waals surface area contributed by atoms with Gasteiger partial charge in [0.05, 0.1) is 5.56 Å². The molecule has 84 valence electrons. The first-order valence-corrected chi connectivity index (χ1v) is 5.15. The van der Waals surface area contributed by atoms with E-state index in [1.54, 1.807) is 36.4 Å². The lowest BCUT2D eigenvalue weighted by Crippen LogP contribution is -1.83. The molecule has 0 aliphatic carbocycles. The van der Waals surface area contributed by atoms with Crippen LogP contribution in [0.2, 0.25) is 0 Å². The molecular weight excluding hydrogens is 219 g/mol. The molecule has 0 bridgehead atoms. The lowest BCUT2D eigenvalue weighted by Gasteiger charge is -1.95. The van der Waals surface area contributed by atoms with Gasteiger partial charge in [-0.05, 0) is 30.3 Å². The van der Waals surface area contributed by atoms with E-state index < -0.39 is 0 Å². The number of hydrogen-bond donors (Lipinski definition) is 1. The fourth-order valence-electron chi connectivity index (χ4n) is 1.69. The number of nitrogen functional groups attached to an aromatic ring is 1. The summed E-state index contributed by atoms with van der Waals surface area (Å²) in [7, 11) is 0. The lowest BCUT2D eigenvalue weighted by atomic mass is 10.2. The van der Waals surface area contributed by atoms with E-state index in [1.165, 1.54) is 6.07 Å². The molecule has 1 aromatic heterocycles. The third kappa shape index (κ3) is 1.63. The highest BCUT2D eigenvalue weighted by atomic mass is 19.1. The topological polar surface area (TPSA) is 52.0 Å². The Kier molecular flexibility index (Phi) is 2.08. The highest BCUT2D eigenvalue weighted by molar-refractivity contribution is 5.79. The number of aromatic nitrogens is 1. The van der Waals surface area contributed by atoms with Gasteiger partial charge >= 0.3 is 0 Å². The van der Waals surface area contributed by atoms with Crippen molar-refractivity contribution in [2.45, 2.75) is 0 Å². The maximum absolute atomic E-state index is 13.6. The standard InChI is InChI=1S/C13H9FN2O/c14-10-4-2-1-3-9(10)13-16-11-7-8(15)5-6-12(11)17-13/h1-7H,15H2. The Bertz CT molecular complexity index is 691. The Morgan fingerprint density at radius 3 is 2.76 bits per heavy atom. The average molecular weight is 228 g/mol. The fourth-order valence-corrected chi connectivity index (χ4v) is 1.69. The van der Waals surface area contributed by atoms with Crippen molar-refractivity contribution in [1.82, 2.24) is 4.98 Å². The molecule has 0 saturated carbocycles. The monoisotopic (exact) mass is 228 g/mol. The van der Waals surface area contributed by atoms with E-state index in [4.69, 9.17) is 10.2 Å². The van der Waals surface area contributed by atoms with Crippen LogP contribution in [0.15, 0.2) is 46.9 Å². The summed E-state index contributed by atoms with van der Waals surface area (Å²) in [4.78, 5) is 4.22. The van der Waals surface area contributed by atoms with E-state index in [0.29, 0.717) is 22.4 Å². The van der Waals surface area contributed by atoms with Gasteiger partial charge in [0.2, 0.25) is 5.89 Å². The largest absolute Gasteiger partial charge is 0.436 e. The number of hydrogen-bond acceptors (Lipinski definition) is 3. The van der Waals surface area contributed by atoms with E-state index in [9.17, 15) is 4.39 Å². The third-order valence-corrected chi connectivity index (χ3v) is 2.52. The summed E-state index contributed by atoms with van der Waals surface area (Å²) in [6, 6.07) is 11.5. The first-order valence-electron chi connectivity index (χ1n) is 5.15. The minimum atomic E-state index is -0.355. The van der Waals surface area contributed by atoms with Crippen molar-refractivity contribution in [2.24, 2.45) is 0 Å². The molecule has 3 nitrogen and oxygen atoms in total. The van der Waals surface area contributed by atoms with Crippen molar-refractivity contribution in [3.8, 4) is 11.5 Å². The second-order valence-electron chi connectivity index (χ2n) is 3.73. The van der Waals surface area contributed by atoms with Gasteiger partial charge in [-0.25, -0.2) is 9.37 Å². The predicted molar refractivity (Wildman–Crippen MR) is 63.8 cm³/mol. The zero-order valence-electron chi connectivity index (χ0n) is 8.85. The summed E-state index contributed by atoms with van der Waals surface area (Å²) < 4.78 is 19.0. The van der Waals surface area contributed by atoms with Gasteiger partial charge < -0.3 is 10.2 Å². The summed E-state index contributed by atoms with van der Waals surface area (Å²) >= 11 is 0. The van der Waals surface area contributed by atoms with Crippen LogP contribution < -0.4 is 5.73 Å². The smallest absolute Gasteiger partial charge is 0.230 e. The number of nitrogens with zero attached hydrogens (tertiary/aromatic N) is 1. The Balaban J connectivity index is 2.22. The number of fused-ring (bicyclic) bond motifs is 1. The highest BCUT2D eigenvalue weighted by Gasteiger charge is 2.11. The van der Waals surface area contributed by atoms with Crippen molar-refractivity contribution in [3.05, 3.63) is 48.3 Å².